The van der Waals surface area contributed by atoms with E-state index in [0.29, 0.717) is 37.6 Å². The van der Waals surface area contributed by atoms with Crippen molar-refractivity contribution in [1.82, 2.24) is 4.90 Å². The number of piperazine rings is 1. The van der Waals surface area contributed by atoms with E-state index in [1.54, 1.807) is 12.1 Å². The lowest BCUT2D eigenvalue weighted by Crippen LogP contribution is -2.52. The summed E-state index contributed by atoms with van der Waals surface area (Å²) in [6.45, 7) is 6.83. The summed E-state index contributed by atoms with van der Waals surface area (Å²) in [4.78, 5) is 33.9. The van der Waals surface area contributed by atoms with E-state index < -0.39 is 6.04 Å². The van der Waals surface area contributed by atoms with Gasteiger partial charge in [-0.25, -0.2) is 4.39 Å². The lowest BCUT2D eigenvalue weighted by Gasteiger charge is -2.40. The van der Waals surface area contributed by atoms with Crippen LogP contribution >= 0.6 is 11.6 Å². The first-order valence-corrected chi connectivity index (χ1v) is 14.5. The molecule has 3 aliphatic rings. The fourth-order valence-corrected chi connectivity index (χ4v) is 6.46. The van der Waals surface area contributed by atoms with Gasteiger partial charge in [-0.3, -0.25) is 9.59 Å². The van der Waals surface area contributed by atoms with Crippen molar-refractivity contribution >= 4 is 40.4 Å². The van der Waals surface area contributed by atoms with Crippen molar-refractivity contribution in [2.75, 3.05) is 47.8 Å². The fourth-order valence-electron chi connectivity index (χ4n) is 6.33. The van der Waals surface area contributed by atoms with Crippen molar-refractivity contribution in [2.24, 2.45) is 5.41 Å². The number of nitrogens with zero attached hydrogens (tertiary/aromatic N) is 3. The molecule has 8 heteroatoms. The van der Waals surface area contributed by atoms with E-state index in [0.717, 1.165) is 40.3 Å². The minimum atomic E-state index is -0.438. The maximum Gasteiger partial charge on any atom is 0.242 e. The van der Waals surface area contributed by atoms with Gasteiger partial charge in [0.25, 0.3) is 0 Å². The number of Topliss-reactive ketones (excluding diaryl/α,β-unsaturated/α-hetero) is 1. The zero-order chi connectivity index (χ0) is 28.7. The Balaban J connectivity index is 1.34. The third-order valence-electron chi connectivity index (χ3n) is 8.32. The van der Waals surface area contributed by atoms with E-state index >= 15 is 0 Å². The lowest BCUT2D eigenvalue weighted by atomic mass is 9.73. The number of halogens is 2. The topological polar surface area (TPSA) is 55.9 Å². The Morgan fingerprint density at radius 1 is 0.951 bits per heavy atom. The molecule has 1 amide bonds. The SMILES string of the molecule is CC1(C)CC(=O)C2=C(C1)Nc1ccccc1N(CC(=O)N1CCN(c3ccc(F)cc3)CC1)C2c1ccc(Cl)cc1. The van der Waals surface area contributed by atoms with Gasteiger partial charge in [0.1, 0.15) is 5.82 Å². The van der Waals surface area contributed by atoms with Crippen LogP contribution in [0.2, 0.25) is 5.02 Å². The van der Waals surface area contributed by atoms with Crippen molar-refractivity contribution in [2.45, 2.75) is 32.7 Å². The average molecular weight is 573 g/mol. The zero-order valence-corrected chi connectivity index (χ0v) is 24.1. The van der Waals surface area contributed by atoms with Gasteiger partial charge in [-0.1, -0.05) is 49.7 Å². The number of carbonyl (C=O) groups is 2. The highest BCUT2D eigenvalue weighted by Gasteiger charge is 2.42. The molecule has 0 bridgehead atoms. The van der Waals surface area contributed by atoms with Crippen molar-refractivity contribution in [1.29, 1.82) is 0 Å². The van der Waals surface area contributed by atoms with Gasteiger partial charge >= 0.3 is 0 Å². The molecule has 0 spiro atoms. The van der Waals surface area contributed by atoms with E-state index in [9.17, 15) is 14.0 Å². The molecule has 2 heterocycles. The van der Waals surface area contributed by atoms with Crippen molar-refractivity contribution in [3.63, 3.8) is 0 Å². The normalized spacial score (nSPS) is 20.2. The summed E-state index contributed by atoms with van der Waals surface area (Å²) in [5.41, 5.74) is 5.10. The van der Waals surface area contributed by atoms with Crippen molar-refractivity contribution in [3.05, 3.63) is 100 Å². The molecule has 1 atom stereocenters. The summed E-state index contributed by atoms with van der Waals surface area (Å²) >= 11 is 6.27. The van der Waals surface area contributed by atoms with Crippen LogP contribution in [-0.4, -0.2) is 49.3 Å². The Kier molecular flexibility index (Phi) is 7.24. The van der Waals surface area contributed by atoms with Crippen LogP contribution < -0.4 is 15.1 Å². The van der Waals surface area contributed by atoms with Crippen molar-refractivity contribution < 1.29 is 14.0 Å². The number of rotatable bonds is 4. The summed E-state index contributed by atoms with van der Waals surface area (Å²) in [7, 11) is 0. The predicted octanol–water partition coefficient (Wildman–Crippen LogP) is 6.44. The lowest BCUT2D eigenvalue weighted by molar-refractivity contribution is -0.130. The molecule has 1 N–H and O–H groups in total. The number of benzene rings is 3. The third kappa shape index (κ3) is 5.55. The quantitative estimate of drug-likeness (QED) is 0.390. The fraction of sp³-hybridized carbons (Fsp3) is 0.333. The first kappa shape index (κ1) is 27.3. The Morgan fingerprint density at radius 2 is 1.63 bits per heavy atom. The summed E-state index contributed by atoms with van der Waals surface area (Å²) in [6.07, 6.45) is 1.18. The number of hydrogen-bond acceptors (Lipinski definition) is 5. The van der Waals surface area contributed by atoms with Gasteiger partial charge in [-0.2, -0.15) is 0 Å². The van der Waals surface area contributed by atoms with Crippen LogP contribution in [0.5, 0.6) is 0 Å². The summed E-state index contributed by atoms with van der Waals surface area (Å²) < 4.78 is 13.4. The molecule has 1 unspecified atom stereocenters. The number of ketones is 1. The monoisotopic (exact) mass is 572 g/mol. The molecule has 0 radical (unpaired) electrons. The second-order valence-electron chi connectivity index (χ2n) is 11.9. The Hall–Kier alpha value is -3.84. The van der Waals surface area contributed by atoms with Gasteiger partial charge in [0.15, 0.2) is 5.78 Å². The Bertz CT molecular complexity index is 1490. The molecule has 1 fully saturated rings. The van der Waals surface area contributed by atoms with Gasteiger partial charge in [0.05, 0.1) is 24.0 Å². The first-order chi connectivity index (χ1) is 19.7. The molecule has 3 aromatic carbocycles. The van der Waals surface area contributed by atoms with Crippen molar-refractivity contribution in [3.8, 4) is 0 Å². The maximum absolute atomic E-state index is 13.9. The molecule has 212 valence electrons. The van der Waals surface area contributed by atoms with Gasteiger partial charge in [-0.15, -0.1) is 0 Å². The van der Waals surface area contributed by atoms with E-state index in [-0.39, 0.29) is 29.5 Å². The predicted molar refractivity (Wildman–Crippen MR) is 162 cm³/mol. The number of amides is 1. The average Bonchev–Trinajstić information content (AvgIpc) is 3.08. The zero-order valence-electron chi connectivity index (χ0n) is 23.4. The second kappa shape index (κ2) is 10.9. The number of carbonyl (C=O) groups excluding carboxylic acids is 2. The van der Waals surface area contributed by atoms with Gasteiger partial charge in [-0.05, 0) is 65.9 Å². The molecule has 3 aromatic rings. The molecule has 6 rings (SSSR count). The highest BCUT2D eigenvalue weighted by atomic mass is 35.5. The summed E-state index contributed by atoms with van der Waals surface area (Å²) in [5.74, 6) is -0.157. The molecule has 0 aromatic heterocycles. The number of hydrogen-bond donors (Lipinski definition) is 1. The minimum Gasteiger partial charge on any atom is -0.368 e. The number of nitrogens with one attached hydrogen (secondary N) is 1. The minimum absolute atomic E-state index is 0.00478. The van der Waals surface area contributed by atoms with E-state index in [2.05, 4.69) is 29.0 Å². The number of para-hydroxylation sites is 2. The first-order valence-electron chi connectivity index (χ1n) is 14.1. The second-order valence-corrected chi connectivity index (χ2v) is 12.3. The molecular formula is C33H34ClFN4O2. The molecule has 41 heavy (non-hydrogen) atoms. The largest absolute Gasteiger partial charge is 0.368 e. The van der Waals surface area contributed by atoms with E-state index in [1.165, 1.54) is 12.1 Å². The number of fused-ring (bicyclic) bond motifs is 1. The third-order valence-corrected chi connectivity index (χ3v) is 8.57. The number of anilines is 3. The Morgan fingerprint density at radius 3 is 2.34 bits per heavy atom. The van der Waals surface area contributed by atoms with Gasteiger partial charge in [0.2, 0.25) is 5.91 Å². The molecule has 0 saturated carbocycles. The molecular weight excluding hydrogens is 539 g/mol. The Labute approximate surface area is 245 Å². The molecule has 6 nitrogen and oxygen atoms in total. The standard InChI is InChI=1S/C33H34ClFN4O2/c1-33(2)19-27-31(29(40)20-33)32(22-7-9-23(34)10-8-22)39(28-6-4-3-5-26(28)36-27)21-30(41)38-17-15-37(16-18-38)25-13-11-24(35)12-14-25/h3-14,32,36H,15-21H2,1-2H3. The van der Waals surface area contributed by atoms with Gasteiger partial charge < -0.3 is 20.0 Å². The van der Waals surface area contributed by atoms with Crippen LogP contribution in [-0.2, 0) is 9.59 Å². The summed E-state index contributed by atoms with van der Waals surface area (Å²) in [5, 5.41) is 4.22. The van der Waals surface area contributed by atoms with E-state index in [1.807, 2.05) is 53.4 Å². The van der Waals surface area contributed by atoms with Crippen LogP contribution in [0.4, 0.5) is 21.5 Å². The molecule has 2 aliphatic heterocycles. The number of allylic oxidation sites excluding steroid dienone is 1. The maximum atomic E-state index is 13.9. The van der Waals surface area contributed by atoms with Crippen LogP contribution in [0, 0.1) is 11.2 Å². The molecule has 1 aliphatic carbocycles. The van der Waals surface area contributed by atoms with Crippen LogP contribution in [0.15, 0.2) is 84.1 Å². The van der Waals surface area contributed by atoms with E-state index in [4.69, 9.17) is 11.6 Å². The molecule has 1 saturated heterocycles. The highest BCUT2D eigenvalue weighted by molar-refractivity contribution is 6.30. The highest BCUT2D eigenvalue weighted by Crippen LogP contribution is 2.48. The van der Waals surface area contributed by atoms with Gasteiger partial charge in [0, 0.05) is 54.6 Å². The van der Waals surface area contributed by atoms with Crippen LogP contribution in [0.25, 0.3) is 0 Å². The smallest absolute Gasteiger partial charge is 0.242 e. The summed E-state index contributed by atoms with van der Waals surface area (Å²) in [6, 6.07) is 21.6. The van der Waals surface area contributed by atoms with Crippen LogP contribution in [0.1, 0.15) is 38.3 Å². The van der Waals surface area contributed by atoms with Crippen LogP contribution in [0.3, 0.4) is 0 Å².